The summed E-state index contributed by atoms with van der Waals surface area (Å²) in [6, 6.07) is 22.1. The summed E-state index contributed by atoms with van der Waals surface area (Å²) in [7, 11) is 0. The van der Waals surface area contributed by atoms with Gasteiger partial charge in [-0.15, -0.1) is 0 Å². The van der Waals surface area contributed by atoms with Crippen molar-refractivity contribution >= 4 is 34.1 Å². The highest BCUT2D eigenvalue weighted by molar-refractivity contribution is 6.31. The summed E-state index contributed by atoms with van der Waals surface area (Å²) in [4.78, 5) is 29.5. The van der Waals surface area contributed by atoms with Gasteiger partial charge in [-0.05, 0) is 48.4 Å². The minimum absolute atomic E-state index is 0.127. The van der Waals surface area contributed by atoms with E-state index in [9.17, 15) is 9.59 Å². The van der Waals surface area contributed by atoms with Crippen LogP contribution in [0.2, 0.25) is 5.02 Å². The summed E-state index contributed by atoms with van der Waals surface area (Å²) in [5.74, 6) is -0.127. The number of hydrogen-bond acceptors (Lipinski definition) is 3. The second-order valence-electron chi connectivity index (χ2n) is 6.95. The topological polar surface area (TPSA) is 64.0 Å². The third kappa shape index (κ3) is 4.11. The Morgan fingerprint density at radius 3 is 2.60 bits per heavy atom. The number of fused-ring (bicyclic) bond motifs is 1. The summed E-state index contributed by atoms with van der Waals surface area (Å²) in [6.45, 7) is 1.96. The van der Waals surface area contributed by atoms with Gasteiger partial charge in [-0.1, -0.05) is 54.9 Å². The number of carbonyl (C=O) groups excluding carboxylic acids is 1. The molecule has 4 aromatic rings. The van der Waals surface area contributed by atoms with Gasteiger partial charge in [0, 0.05) is 16.1 Å². The molecular weight excluding hydrogens is 398 g/mol. The molecular formula is C24H20ClN3O2. The van der Waals surface area contributed by atoms with Crippen molar-refractivity contribution < 1.29 is 4.79 Å². The van der Waals surface area contributed by atoms with Crippen LogP contribution in [0, 0.1) is 0 Å². The molecule has 0 bridgehead atoms. The molecule has 0 atom stereocenters. The van der Waals surface area contributed by atoms with Crippen LogP contribution < -0.4 is 11.0 Å². The zero-order chi connectivity index (χ0) is 21.1. The lowest BCUT2D eigenvalue weighted by atomic mass is 10.1. The SMILES string of the molecule is CCc1nc(=O)n(-c2cccc(NC(=O)Cc3ccccc3)c2)c2cc(Cl)ccc12. The molecule has 30 heavy (non-hydrogen) atoms. The lowest BCUT2D eigenvalue weighted by Crippen LogP contribution is -2.23. The minimum atomic E-state index is -0.380. The van der Waals surface area contributed by atoms with Crippen LogP contribution in [-0.2, 0) is 17.6 Å². The molecule has 0 aliphatic carbocycles. The highest BCUT2D eigenvalue weighted by atomic mass is 35.5. The van der Waals surface area contributed by atoms with Gasteiger partial charge >= 0.3 is 5.69 Å². The minimum Gasteiger partial charge on any atom is -0.326 e. The van der Waals surface area contributed by atoms with E-state index in [1.165, 1.54) is 4.57 Å². The number of anilines is 1. The van der Waals surface area contributed by atoms with Crippen LogP contribution in [0.3, 0.4) is 0 Å². The Morgan fingerprint density at radius 2 is 1.83 bits per heavy atom. The van der Waals surface area contributed by atoms with Crippen molar-refractivity contribution in [3.63, 3.8) is 0 Å². The van der Waals surface area contributed by atoms with Crippen LogP contribution >= 0.6 is 11.6 Å². The van der Waals surface area contributed by atoms with Gasteiger partial charge in [-0.3, -0.25) is 9.36 Å². The summed E-state index contributed by atoms with van der Waals surface area (Å²) in [5, 5.41) is 4.31. The Balaban J connectivity index is 1.71. The number of benzene rings is 3. The van der Waals surface area contributed by atoms with Gasteiger partial charge in [0.25, 0.3) is 0 Å². The Hall–Kier alpha value is -3.44. The summed E-state index contributed by atoms with van der Waals surface area (Å²) in [6.07, 6.45) is 0.917. The molecule has 1 heterocycles. The van der Waals surface area contributed by atoms with Crippen molar-refractivity contribution in [2.75, 3.05) is 5.32 Å². The molecule has 0 aliphatic heterocycles. The highest BCUT2D eigenvalue weighted by Crippen LogP contribution is 2.24. The van der Waals surface area contributed by atoms with Gasteiger partial charge in [-0.25, -0.2) is 4.79 Å². The first-order valence-electron chi connectivity index (χ1n) is 9.70. The van der Waals surface area contributed by atoms with Crippen LogP contribution in [0.1, 0.15) is 18.2 Å². The maximum Gasteiger partial charge on any atom is 0.352 e. The molecule has 0 unspecified atom stereocenters. The number of rotatable bonds is 5. The Morgan fingerprint density at radius 1 is 1.03 bits per heavy atom. The normalized spacial score (nSPS) is 10.9. The van der Waals surface area contributed by atoms with Crippen molar-refractivity contribution in [3.8, 4) is 5.69 Å². The van der Waals surface area contributed by atoms with E-state index < -0.39 is 0 Å². The number of aromatic nitrogens is 2. The highest BCUT2D eigenvalue weighted by Gasteiger charge is 2.13. The molecule has 0 aliphatic rings. The van der Waals surface area contributed by atoms with E-state index in [1.807, 2.05) is 49.4 Å². The fourth-order valence-electron chi connectivity index (χ4n) is 3.49. The predicted octanol–water partition coefficient (Wildman–Crippen LogP) is 4.78. The molecule has 1 aromatic heterocycles. The van der Waals surface area contributed by atoms with Crippen molar-refractivity contribution in [2.45, 2.75) is 19.8 Å². The van der Waals surface area contributed by atoms with Crippen LogP contribution in [0.5, 0.6) is 0 Å². The maximum absolute atomic E-state index is 12.8. The van der Waals surface area contributed by atoms with E-state index in [0.29, 0.717) is 28.3 Å². The van der Waals surface area contributed by atoms with Crippen molar-refractivity contribution in [1.82, 2.24) is 9.55 Å². The molecule has 3 aromatic carbocycles. The Kier molecular flexibility index (Phi) is 5.63. The third-order valence-electron chi connectivity index (χ3n) is 4.86. The Labute approximate surface area is 179 Å². The number of halogens is 1. The Bertz CT molecular complexity index is 1280. The lowest BCUT2D eigenvalue weighted by Gasteiger charge is -2.14. The fourth-order valence-corrected chi connectivity index (χ4v) is 3.66. The van der Waals surface area contributed by atoms with E-state index in [0.717, 1.165) is 16.6 Å². The molecule has 0 fully saturated rings. The number of aryl methyl sites for hydroxylation is 1. The van der Waals surface area contributed by atoms with E-state index in [4.69, 9.17) is 11.6 Å². The summed E-state index contributed by atoms with van der Waals surface area (Å²) in [5.41, 5.74) is 3.19. The van der Waals surface area contributed by atoms with Gasteiger partial charge in [0.2, 0.25) is 5.91 Å². The molecule has 0 saturated heterocycles. The van der Waals surface area contributed by atoms with E-state index in [1.54, 1.807) is 30.3 Å². The van der Waals surface area contributed by atoms with Gasteiger partial charge in [0.1, 0.15) is 0 Å². The molecule has 1 N–H and O–H groups in total. The second-order valence-corrected chi connectivity index (χ2v) is 7.39. The molecule has 0 radical (unpaired) electrons. The average Bonchev–Trinajstić information content (AvgIpc) is 2.73. The molecule has 150 valence electrons. The number of hydrogen-bond donors (Lipinski definition) is 1. The van der Waals surface area contributed by atoms with E-state index in [-0.39, 0.29) is 18.0 Å². The van der Waals surface area contributed by atoms with Crippen molar-refractivity contribution in [3.05, 3.63) is 99.6 Å². The molecule has 0 spiro atoms. The number of nitrogens with one attached hydrogen (secondary N) is 1. The third-order valence-corrected chi connectivity index (χ3v) is 5.10. The first-order valence-corrected chi connectivity index (χ1v) is 10.1. The fraction of sp³-hybridized carbons (Fsp3) is 0.125. The summed E-state index contributed by atoms with van der Waals surface area (Å²) < 4.78 is 1.52. The standard InChI is InChI=1S/C24H20ClN3O2/c1-2-21-20-12-11-17(25)14-22(20)28(24(30)27-21)19-10-6-9-18(15-19)26-23(29)13-16-7-4-3-5-8-16/h3-12,14-15H,2,13H2,1H3,(H,26,29). The number of nitrogens with zero attached hydrogens (tertiary/aromatic N) is 2. The maximum atomic E-state index is 12.8. The zero-order valence-electron chi connectivity index (χ0n) is 16.4. The monoisotopic (exact) mass is 417 g/mol. The molecule has 1 amide bonds. The van der Waals surface area contributed by atoms with Gasteiger partial charge in [-0.2, -0.15) is 4.98 Å². The summed E-state index contributed by atoms with van der Waals surface area (Å²) >= 11 is 6.21. The van der Waals surface area contributed by atoms with Gasteiger partial charge in [0.15, 0.2) is 0 Å². The van der Waals surface area contributed by atoms with Crippen molar-refractivity contribution in [1.29, 1.82) is 0 Å². The molecule has 4 rings (SSSR count). The molecule has 6 heteroatoms. The average molecular weight is 418 g/mol. The number of carbonyl (C=O) groups is 1. The van der Waals surface area contributed by atoms with Crippen LogP contribution in [0.4, 0.5) is 5.69 Å². The van der Waals surface area contributed by atoms with Gasteiger partial charge in [0.05, 0.1) is 23.3 Å². The van der Waals surface area contributed by atoms with Gasteiger partial charge < -0.3 is 5.32 Å². The molecule has 5 nitrogen and oxygen atoms in total. The second kappa shape index (κ2) is 8.51. The first-order chi connectivity index (χ1) is 14.5. The quantitative estimate of drug-likeness (QED) is 0.508. The zero-order valence-corrected chi connectivity index (χ0v) is 17.2. The first kappa shape index (κ1) is 19.9. The lowest BCUT2D eigenvalue weighted by molar-refractivity contribution is -0.115. The molecule has 0 saturated carbocycles. The van der Waals surface area contributed by atoms with Crippen molar-refractivity contribution in [2.24, 2.45) is 0 Å². The van der Waals surface area contributed by atoms with E-state index >= 15 is 0 Å². The van der Waals surface area contributed by atoms with E-state index in [2.05, 4.69) is 10.3 Å². The van der Waals surface area contributed by atoms with Crippen LogP contribution in [0.25, 0.3) is 16.6 Å². The number of amides is 1. The predicted molar refractivity (Wildman–Crippen MR) is 121 cm³/mol. The van der Waals surface area contributed by atoms with Crippen LogP contribution in [-0.4, -0.2) is 15.5 Å². The van der Waals surface area contributed by atoms with Crippen LogP contribution in [0.15, 0.2) is 77.6 Å². The largest absolute Gasteiger partial charge is 0.352 e. The smallest absolute Gasteiger partial charge is 0.326 e.